The lowest BCUT2D eigenvalue weighted by Gasteiger charge is -2.11. The third-order valence-corrected chi connectivity index (χ3v) is 5.90. The van der Waals surface area contributed by atoms with E-state index in [-0.39, 0.29) is 53.8 Å². The molecule has 2 N–H and O–H groups in total. The number of thiazole rings is 1. The molecule has 0 bridgehead atoms. The number of sulfone groups is 1. The van der Waals surface area contributed by atoms with E-state index >= 15 is 0 Å². The van der Waals surface area contributed by atoms with Gasteiger partial charge in [0.1, 0.15) is 15.7 Å². The number of nitrogens with zero attached hydrogens (tertiary/aromatic N) is 2. The lowest BCUT2D eigenvalue weighted by Crippen LogP contribution is -2.39. The van der Waals surface area contributed by atoms with Crippen LogP contribution < -0.4 is 10.6 Å². The van der Waals surface area contributed by atoms with Gasteiger partial charge in [-0.3, -0.25) is 4.99 Å². The van der Waals surface area contributed by atoms with E-state index in [4.69, 9.17) is 0 Å². The van der Waals surface area contributed by atoms with E-state index in [0.717, 1.165) is 22.8 Å². The van der Waals surface area contributed by atoms with Crippen LogP contribution in [0.3, 0.4) is 0 Å². The molecule has 1 aromatic heterocycles. The Labute approximate surface area is 180 Å². The van der Waals surface area contributed by atoms with Crippen molar-refractivity contribution in [2.75, 3.05) is 19.3 Å². The molecular weight excluding hydrogens is 535 g/mol. The van der Waals surface area contributed by atoms with E-state index in [1.807, 2.05) is 0 Å². The van der Waals surface area contributed by atoms with Gasteiger partial charge in [0.05, 0.1) is 12.3 Å². The minimum absolute atomic E-state index is 0. The highest BCUT2D eigenvalue weighted by Crippen LogP contribution is 2.29. The monoisotopic (exact) mass is 552 g/mol. The zero-order valence-electron chi connectivity index (χ0n) is 14.5. The topological polar surface area (TPSA) is 83.5 Å². The van der Waals surface area contributed by atoms with Crippen LogP contribution in [0.4, 0.5) is 17.6 Å². The molecule has 156 valence electrons. The Morgan fingerprint density at radius 2 is 1.93 bits per heavy atom. The van der Waals surface area contributed by atoms with E-state index in [9.17, 15) is 26.0 Å². The fourth-order valence-electron chi connectivity index (χ4n) is 2.01. The lowest BCUT2D eigenvalue weighted by atomic mass is 10.3. The van der Waals surface area contributed by atoms with Crippen LogP contribution in [0, 0.1) is 5.82 Å². The molecule has 2 rings (SSSR count). The Morgan fingerprint density at radius 3 is 2.50 bits per heavy atom. The Bertz CT molecular complexity index is 917. The SMILES string of the molecule is CN=C(NCCS(=O)(=O)c1ccccc1F)NCc1nc(C(F)(F)F)cs1.I. The summed E-state index contributed by atoms with van der Waals surface area (Å²) >= 11 is 0.842. The van der Waals surface area contributed by atoms with Crippen LogP contribution in [0.25, 0.3) is 0 Å². The van der Waals surface area contributed by atoms with E-state index in [1.54, 1.807) is 0 Å². The van der Waals surface area contributed by atoms with Gasteiger partial charge in [-0.25, -0.2) is 17.8 Å². The summed E-state index contributed by atoms with van der Waals surface area (Å²) < 4.78 is 75.4. The summed E-state index contributed by atoms with van der Waals surface area (Å²) in [5.74, 6) is -1.03. The molecule has 0 aliphatic heterocycles. The average Bonchev–Trinajstić information content (AvgIpc) is 3.07. The van der Waals surface area contributed by atoms with Gasteiger partial charge in [-0.2, -0.15) is 13.2 Å². The Morgan fingerprint density at radius 1 is 1.25 bits per heavy atom. The first-order valence-electron chi connectivity index (χ1n) is 7.57. The van der Waals surface area contributed by atoms with Crippen molar-refractivity contribution >= 4 is 51.1 Å². The molecule has 13 heteroatoms. The number of hydrogen-bond donors (Lipinski definition) is 2. The van der Waals surface area contributed by atoms with Crippen molar-refractivity contribution in [1.29, 1.82) is 0 Å². The molecule has 0 radical (unpaired) electrons. The number of nitrogens with one attached hydrogen (secondary N) is 2. The quantitative estimate of drug-likeness (QED) is 0.249. The van der Waals surface area contributed by atoms with E-state index in [2.05, 4.69) is 20.6 Å². The number of hydrogen-bond acceptors (Lipinski definition) is 5. The van der Waals surface area contributed by atoms with Crippen molar-refractivity contribution in [3.05, 3.63) is 46.2 Å². The molecule has 0 amide bonds. The number of alkyl halides is 3. The van der Waals surface area contributed by atoms with Crippen molar-refractivity contribution < 1.29 is 26.0 Å². The number of benzene rings is 1. The third kappa shape index (κ3) is 6.84. The minimum Gasteiger partial charge on any atom is -0.355 e. The van der Waals surface area contributed by atoms with Gasteiger partial charge in [0, 0.05) is 19.0 Å². The first kappa shape index (κ1) is 24.6. The highest BCUT2D eigenvalue weighted by molar-refractivity contribution is 14.0. The smallest absolute Gasteiger partial charge is 0.355 e. The summed E-state index contributed by atoms with van der Waals surface area (Å²) in [6.45, 7) is -0.0809. The van der Waals surface area contributed by atoms with Gasteiger partial charge < -0.3 is 10.6 Å². The van der Waals surface area contributed by atoms with Crippen LogP contribution in [-0.2, 0) is 22.6 Å². The molecule has 0 saturated heterocycles. The summed E-state index contributed by atoms with van der Waals surface area (Å²) in [6, 6.07) is 5.05. The summed E-state index contributed by atoms with van der Waals surface area (Å²) in [5, 5.41) is 6.56. The molecule has 1 heterocycles. The first-order chi connectivity index (χ1) is 12.6. The molecule has 0 atom stereocenters. The fraction of sp³-hybridized carbons (Fsp3) is 0.333. The zero-order valence-corrected chi connectivity index (χ0v) is 18.4. The summed E-state index contributed by atoms with van der Waals surface area (Å²) in [4.78, 5) is 6.92. The third-order valence-electron chi connectivity index (χ3n) is 3.31. The molecular formula is C15H17F4IN4O2S2. The highest BCUT2D eigenvalue weighted by Gasteiger charge is 2.33. The number of aromatic nitrogens is 1. The molecule has 0 unspecified atom stereocenters. The molecule has 1 aromatic carbocycles. The number of aliphatic imine (C=N–C) groups is 1. The molecule has 0 aliphatic carbocycles. The van der Waals surface area contributed by atoms with Crippen molar-refractivity contribution in [2.45, 2.75) is 17.6 Å². The Kier molecular flexibility index (Phi) is 9.07. The van der Waals surface area contributed by atoms with Gasteiger partial charge in [-0.15, -0.1) is 35.3 Å². The maximum Gasteiger partial charge on any atom is 0.434 e. The average molecular weight is 552 g/mol. The molecule has 0 fully saturated rings. The fourth-order valence-corrected chi connectivity index (χ4v) is 4.00. The van der Waals surface area contributed by atoms with Crippen LogP contribution in [0.5, 0.6) is 0 Å². The Balaban J connectivity index is 0.00000392. The highest BCUT2D eigenvalue weighted by atomic mass is 127. The van der Waals surface area contributed by atoms with Gasteiger partial charge in [0.25, 0.3) is 0 Å². The van der Waals surface area contributed by atoms with Gasteiger partial charge >= 0.3 is 6.18 Å². The lowest BCUT2D eigenvalue weighted by molar-refractivity contribution is -0.140. The summed E-state index contributed by atoms with van der Waals surface area (Å²) in [6.07, 6.45) is -4.50. The van der Waals surface area contributed by atoms with Crippen LogP contribution >= 0.6 is 35.3 Å². The van der Waals surface area contributed by atoms with Crippen LogP contribution in [0.15, 0.2) is 39.5 Å². The number of guanidine groups is 1. The molecule has 0 aliphatic rings. The Hall–Kier alpha value is -1.48. The summed E-state index contributed by atoms with van der Waals surface area (Å²) in [7, 11) is -2.41. The predicted octanol–water partition coefficient (Wildman–Crippen LogP) is 3.06. The molecule has 2 aromatic rings. The van der Waals surface area contributed by atoms with Crippen molar-refractivity contribution in [3.8, 4) is 0 Å². The number of halogens is 5. The standard InChI is InChI=1S/C15H16F4N4O2S2.HI/c1-20-14(22-8-13-23-12(9-26-13)15(17,18)19)21-6-7-27(24,25)11-5-3-2-4-10(11)16;/h2-5,9H,6-8H2,1H3,(H2,20,21,22);1H. The normalized spacial score (nSPS) is 12.4. The molecule has 28 heavy (non-hydrogen) atoms. The molecule has 0 spiro atoms. The second kappa shape index (κ2) is 10.3. The predicted molar refractivity (Wildman–Crippen MR) is 109 cm³/mol. The van der Waals surface area contributed by atoms with E-state index < -0.39 is 32.4 Å². The second-order valence-electron chi connectivity index (χ2n) is 5.23. The number of rotatable bonds is 6. The summed E-state index contributed by atoms with van der Waals surface area (Å²) in [5.41, 5.74) is -0.969. The van der Waals surface area contributed by atoms with Crippen LogP contribution in [0.2, 0.25) is 0 Å². The zero-order chi connectivity index (χ0) is 20.1. The van der Waals surface area contributed by atoms with Gasteiger partial charge in [-0.1, -0.05) is 12.1 Å². The van der Waals surface area contributed by atoms with Gasteiger partial charge in [0.2, 0.25) is 0 Å². The second-order valence-corrected chi connectivity index (χ2v) is 8.25. The first-order valence-corrected chi connectivity index (χ1v) is 10.1. The van der Waals surface area contributed by atoms with Crippen LogP contribution in [0.1, 0.15) is 10.7 Å². The van der Waals surface area contributed by atoms with Crippen molar-refractivity contribution in [3.63, 3.8) is 0 Å². The van der Waals surface area contributed by atoms with Gasteiger partial charge in [0.15, 0.2) is 21.5 Å². The van der Waals surface area contributed by atoms with Crippen molar-refractivity contribution in [1.82, 2.24) is 15.6 Å². The molecule has 0 saturated carbocycles. The van der Waals surface area contributed by atoms with Gasteiger partial charge in [-0.05, 0) is 12.1 Å². The van der Waals surface area contributed by atoms with Crippen molar-refractivity contribution in [2.24, 2.45) is 4.99 Å². The van der Waals surface area contributed by atoms with E-state index in [0.29, 0.717) is 0 Å². The largest absolute Gasteiger partial charge is 0.434 e. The molecule has 6 nitrogen and oxygen atoms in total. The minimum atomic E-state index is -4.50. The maximum absolute atomic E-state index is 13.6. The maximum atomic E-state index is 13.6. The van der Waals surface area contributed by atoms with E-state index in [1.165, 1.54) is 25.2 Å². The van der Waals surface area contributed by atoms with Crippen LogP contribution in [-0.4, -0.2) is 38.7 Å².